The molecule has 1 aromatic carbocycles. The van der Waals surface area contributed by atoms with Crippen LogP contribution in [0.25, 0.3) is 0 Å². The van der Waals surface area contributed by atoms with Gasteiger partial charge >= 0.3 is 0 Å². The van der Waals surface area contributed by atoms with Crippen molar-refractivity contribution < 1.29 is 4.79 Å². The van der Waals surface area contributed by atoms with Crippen LogP contribution in [0.1, 0.15) is 40.3 Å². The number of hydrogen-bond donors (Lipinski definition) is 1. The van der Waals surface area contributed by atoms with Crippen molar-refractivity contribution in [2.75, 3.05) is 0 Å². The minimum atomic E-state index is -0.127. The number of rotatable bonds is 5. The van der Waals surface area contributed by atoms with Gasteiger partial charge in [-0.25, -0.2) is 14.6 Å². The van der Waals surface area contributed by atoms with Crippen LogP contribution in [0.3, 0.4) is 0 Å². The Morgan fingerprint density at radius 1 is 1.20 bits per heavy atom. The maximum atomic E-state index is 12.4. The molecule has 3 heterocycles. The van der Waals surface area contributed by atoms with Crippen molar-refractivity contribution in [2.45, 2.75) is 38.9 Å². The largest absolute Gasteiger partial charge is 0.347 e. The summed E-state index contributed by atoms with van der Waals surface area (Å²) in [7, 11) is 0. The molecule has 25 heavy (non-hydrogen) atoms. The van der Waals surface area contributed by atoms with Gasteiger partial charge in [0.25, 0.3) is 5.91 Å². The summed E-state index contributed by atoms with van der Waals surface area (Å²) in [6.07, 6.45) is 8.32. The van der Waals surface area contributed by atoms with Gasteiger partial charge in [0.2, 0.25) is 0 Å². The van der Waals surface area contributed by atoms with Gasteiger partial charge in [0, 0.05) is 25.7 Å². The molecule has 1 N–H and O–H groups in total. The van der Waals surface area contributed by atoms with Gasteiger partial charge in [-0.2, -0.15) is 5.10 Å². The molecule has 0 bridgehead atoms. The summed E-state index contributed by atoms with van der Waals surface area (Å²) in [5.41, 5.74) is 2.68. The average molecular weight is 336 g/mol. The summed E-state index contributed by atoms with van der Waals surface area (Å²) in [6, 6.07) is 8.02. The van der Waals surface area contributed by atoms with Crippen LogP contribution in [0.15, 0.2) is 43.1 Å². The molecule has 0 saturated heterocycles. The smallest absolute Gasteiger partial charge is 0.271 e. The van der Waals surface area contributed by atoms with E-state index in [-0.39, 0.29) is 5.91 Å². The number of fused-ring (bicyclic) bond motifs is 1. The first-order valence-corrected chi connectivity index (χ1v) is 8.53. The molecular weight excluding hydrogens is 316 g/mol. The number of aryl methyl sites for hydroxylation is 2. The lowest BCUT2D eigenvalue weighted by molar-refractivity contribution is 0.0946. The van der Waals surface area contributed by atoms with E-state index in [1.807, 2.05) is 30.5 Å². The van der Waals surface area contributed by atoms with Gasteiger partial charge in [-0.05, 0) is 24.0 Å². The van der Waals surface area contributed by atoms with Gasteiger partial charge in [0.05, 0.1) is 6.54 Å². The van der Waals surface area contributed by atoms with E-state index in [4.69, 9.17) is 0 Å². The molecule has 1 amide bonds. The lowest BCUT2D eigenvalue weighted by atomic mass is 10.1. The lowest BCUT2D eigenvalue weighted by Crippen LogP contribution is -2.24. The van der Waals surface area contributed by atoms with Gasteiger partial charge in [-0.15, -0.1) is 0 Å². The average Bonchev–Trinajstić information content (AvgIpc) is 3.30. The first-order chi connectivity index (χ1) is 12.3. The topological polar surface area (TPSA) is 77.6 Å². The monoisotopic (exact) mass is 336 g/mol. The van der Waals surface area contributed by atoms with Crippen molar-refractivity contribution >= 4 is 5.91 Å². The minimum absolute atomic E-state index is 0.127. The van der Waals surface area contributed by atoms with Crippen molar-refractivity contribution in [3.63, 3.8) is 0 Å². The van der Waals surface area contributed by atoms with E-state index in [0.717, 1.165) is 42.8 Å². The molecule has 0 radical (unpaired) electrons. The fraction of sp³-hybridized carbons (Fsp3) is 0.333. The van der Waals surface area contributed by atoms with E-state index < -0.39 is 0 Å². The van der Waals surface area contributed by atoms with Gasteiger partial charge in [-0.3, -0.25) is 4.79 Å². The first kappa shape index (κ1) is 15.6. The molecule has 7 heteroatoms. The van der Waals surface area contributed by atoms with Crippen molar-refractivity contribution in [3.05, 3.63) is 65.8 Å². The Balaban J connectivity index is 1.44. The molecule has 0 spiro atoms. The van der Waals surface area contributed by atoms with Crippen LogP contribution in [-0.4, -0.2) is 30.2 Å². The second-order valence-electron chi connectivity index (χ2n) is 6.24. The Morgan fingerprint density at radius 2 is 2.08 bits per heavy atom. The molecule has 1 aliphatic heterocycles. The number of carbonyl (C=O) groups excluding carboxylic acids is 1. The van der Waals surface area contributed by atoms with Crippen molar-refractivity contribution in [3.8, 4) is 0 Å². The molecule has 1 aliphatic rings. The Labute approximate surface area is 145 Å². The molecule has 0 fully saturated rings. The Hall–Kier alpha value is -2.96. The molecule has 0 saturated carbocycles. The maximum absolute atomic E-state index is 12.4. The van der Waals surface area contributed by atoms with E-state index in [1.165, 1.54) is 6.33 Å². The zero-order valence-corrected chi connectivity index (χ0v) is 13.9. The number of amides is 1. The van der Waals surface area contributed by atoms with E-state index >= 15 is 0 Å². The predicted molar refractivity (Wildman–Crippen MR) is 91.9 cm³/mol. The van der Waals surface area contributed by atoms with E-state index in [9.17, 15) is 4.79 Å². The van der Waals surface area contributed by atoms with E-state index in [0.29, 0.717) is 18.8 Å². The third kappa shape index (κ3) is 3.45. The van der Waals surface area contributed by atoms with Crippen molar-refractivity contribution in [1.82, 2.24) is 29.6 Å². The summed E-state index contributed by atoms with van der Waals surface area (Å²) in [4.78, 5) is 20.9. The number of imidazole rings is 1. The molecule has 4 rings (SSSR count). The summed E-state index contributed by atoms with van der Waals surface area (Å²) in [5, 5.41) is 7.12. The number of aromatic nitrogens is 5. The van der Waals surface area contributed by atoms with Crippen LogP contribution in [0.2, 0.25) is 0 Å². The second-order valence-corrected chi connectivity index (χ2v) is 6.24. The minimum Gasteiger partial charge on any atom is -0.347 e. The van der Waals surface area contributed by atoms with Crippen LogP contribution < -0.4 is 5.32 Å². The van der Waals surface area contributed by atoms with Crippen molar-refractivity contribution in [1.29, 1.82) is 0 Å². The Morgan fingerprint density at radius 3 is 2.88 bits per heavy atom. The SMILES string of the molecule is O=C(NCc1ccccc1Cn1cncn1)c1cn2c(n1)CCCC2. The summed E-state index contributed by atoms with van der Waals surface area (Å²) in [5.74, 6) is 0.889. The summed E-state index contributed by atoms with van der Waals surface area (Å²) < 4.78 is 3.86. The van der Waals surface area contributed by atoms with Crippen LogP contribution in [0.4, 0.5) is 0 Å². The summed E-state index contributed by atoms with van der Waals surface area (Å²) >= 11 is 0. The number of hydrogen-bond acceptors (Lipinski definition) is 4. The highest BCUT2D eigenvalue weighted by atomic mass is 16.1. The van der Waals surface area contributed by atoms with Crippen LogP contribution in [-0.2, 0) is 26.1 Å². The maximum Gasteiger partial charge on any atom is 0.271 e. The molecule has 128 valence electrons. The second kappa shape index (κ2) is 6.88. The predicted octanol–water partition coefficient (Wildman–Crippen LogP) is 1.79. The highest BCUT2D eigenvalue weighted by molar-refractivity contribution is 5.92. The third-order valence-corrected chi connectivity index (χ3v) is 4.50. The number of benzene rings is 1. The lowest BCUT2D eigenvalue weighted by Gasteiger charge is -2.11. The normalized spacial score (nSPS) is 13.4. The number of nitrogens with zero attached hydrogens (tertiary/aromatic N) is 5. The van der Waals surface area contributed by atoms with Gasteiger partial charge < -0.3 is 9.88 Å². The quantitative estimate of drug-likeness (QED) is 0.770. The first-order valence-electron chi connectivity index (χ1n) is 8.53. The zero-order valence-electron chi connectivity index (χ0n) is 13.9. The van der Waals surface area contributed by atoms with E-state index in [1.54, 1.807) is 11.0 Å². The Bertz CT molecular complexity index is 844. The molecule has 2 aromatic heterocycles. The summed E-state index contributed by atoms with van der Waals surface area (Å²) in [6.45, 7) is 2.05. The van der Waals surface area contributed by atoms with Crippen molar-refractivity contribution in [2.24, 2.45) is 0 Å². The molecule has 3 aromatic rings. The molecule has 0 atom stereocenters. The molecule has 0 aliphatic carbocycles. The highest BCUT2D eigenvalue weighted by Crippen LogP contribution is 2.15. The van der Waals surface area contributed by atoms with Gasteiger partial charge in [0.1, 0.15) is 24.2 Å². The fourth-order valence-electron chi connectivity index (χ4n) is 3.16. The van der Waals surface area contributed by atoms with Crippen LogP contribution >= 0.6 is 0 Å². The fourth-order valence-corrected chi connectivity index (χ4v) is 3.16. The molecular formula is C18H20N6O. The van der Waals surface area contributed by atoms with Crippen LogP contribution in [0.5, 0.6) is 0 Å². The van der Waals surface area contributed by atoms with E-state index in [2.05, 4.69) is 25.0 Å². The van der Waals surface area contributed by atoms with Gasteiger partial charge in [0.15, 0.2) is 0 Å². The highest BCUT2D eigenvalue weighted by Gasteiger charge is 2.16. The Kier molecular flexibility index (Phi) is 4.28. The molecule has 0 unspecified atom stereocenters. The number of carbonyl (C=O) groups is 1. The van der Waals surface area contributed by atoms with Crippen LogP contribution in [0, 0.1) is 0 Å². The molecule has 7 nitrogen and oxygen atoms in total. The number of nitrogens with one attached hydrogen (secondary N) is 1. The zero-order chi connectivity index (χ0) is 17.1. The van der Waals surface area contributed by atoms with Gasteiger partial charge in [-0.1, -0.05) is 24.3 Å². The standard InChI is InChI=1S/C18H20N6O/c25-18(16-11-23-8-4-3-7-17(23)22-16)20-9-14-5-1-2-6-15(14)10-24-13-19-12-21-24/h1-2,5-6,11-13H,3-4,7-10H2,(H,20,25). The third-order valence-electron chi connectivity index (χ3n) is 4.50.